The first-order chi connectivity index (χ1) is 22.5. The maximum absolute atomic E-state index is 12.3. The Balaban J connectivity index is 1.33. The van der Waals surface area contributed by atoms with Gasteiger partial charge in [-0.1, -0.05) is 67.6 Å². The second kappa shape index (κ2) is 15.0. The van der Waals surface area contributed by atoms with Crippen LogP contribution in [0.15, 0.2) is 67.2 Å². The Morgan fingerprint density at radius 2 is 1.76 bits per heavy atom. The van der Waals surface area contributed by atoms with Crippen LogP contribution in [0.1, 0.15) is 61.9 Å². The molecule has 46 heavy (non-hydrogen) atoms. The summed E-state index contributed by atoms with van der Waals surface area (Å²) < 4.78 is 14.4. The first kappa shape index (κ1) is 31.8. The van der Waals surface area contributed by atoms with E-state index in [1.807, 2.05) is 40.9 Å². The largest absolute Gasteiger partial charge is 0.493 e. The zero-order chi connectivity index (χ0) is 31.9. The molecule has 2 aliphatic rings. The monoisotopic (exact) mass is 622 g/mol. The van der Waals surface area contributed by atoms with Crippen molar-refractivity contribution < 1.29 is 19.4 Å². The average Bonchev–Trinajstić information content (AvgIpc) is 3.35. The van der Waals surface area contributed by atoms with E-state index in [9.17, 15) is 9.90 Å². The lowest BCUT2D eigenvalue weighted by Crippen LogP contribution is -2.32. The summed E-state index contributed by atoms with van der Waals surface area (Å²) in [5.41, 5.74) is 7.01. The summed E-state index contributed by atoms with van der Waals surface area (Å²) in [7, 11) is 1.99. The highest BCUT2D eigenvalue weighted by molar-refractivity contribution is 5.92. The number of hydrogen-bond acceptors (Lipinski definition) is 6. The number of benzene rings is 3. The van der Waals surface area contributed by atoms with Crippen molar-refractivity contribution in [2.45, 2.75) is 58.1 Å². The normalized spacial score (nSPS) is 16.0. The fourth-order valence-electron chi connectivity index (χ4n) is 6.94. The number of carbonyl (C=O) groups is 1. The first-order valence-electron chi connectivity index (χ1n) is 16.7. The molecule has 2 aliphatic heterocycles. The van der Waals surface area contributed by atoms with Crippen molar-refractivity contribution >= 4 is 28.0 Å². The summed E-state index contributed by atoms with van der Waals surface area (Å²) in [6.45, 7) is 9.63. The third-order valence-electron chi connectivity index (χ3n) is 9.22. The van der Waals surface area contributed by atoms with Gasteiger partial charge in [-0.15, -0.1) is 0 Å². The third kappa shape index (κ3) is 7.29. The predicted molar refractivity (Wildman–Crippen MR) is 184 cm³/mol. The van der Waals surface area contributed by atoms with Crippen molar-refractivity contribution in [2.75, 3.05) is 44.3 Å². The molecule has 0 unspecified atom stereocenters. The molecule has 0 saturated carbocycles. The average molecular weight is 623 g/mol. The fourth-order valence-corrected chi connectivity index (χ4v) is 6.94. The lowest BCUT2D eigenvalue weighted by atomic mass is 9.92. The maximum atomic E-state index is 12.3. The molecule has 8 nitrogen and oxygen atoms in total. The van der Waals surface area contributed by atoms with Gasteiger partial charge in [0.2, 0.25) is 0 Å². The molecular formula is C38H46N4O4. The molecule has 3 heterocycles. The Hall–Kier alpha value is -4.14. The van der Waals surface area contributed by atoms with Crippen molar-refractivity contribution in [1.29, 1.82) is 0 Å². The molecule has 0 spiro atoms. The molecule has 4 aromatic rings. The molecule has 1 aromatic heterocycles. The second-order valence-electron chi connectivity index (χ2n) is 12.5. The van der Waals surface area contributed by atoms with Crippen molar-refractivity contribution in [3.05, 3.63) is 84.2 Å². The molecule has 1 N–H and O–H groups in total. The van der Waals surface area contributed by atoms with Crippen LogP contribution in [-0.4, -0.2) is 65.1 Å². The predicted octanol–water partition coefficient (Wildman–Crippen LogP) is 7.30. The van der Waals surface area contributed by atoms with E-state index in [4.69, 9.17) is 14.6 Å². The molecule has 0 aliphatic carbocycles. The summed E-state index contributed by atoms with van der Waals surface area (Å²) in [4.78, 5) is 16.8. The van der Waals surface area contributed by atoms with E-state index in [1.165, 1.54) is 19.3 Å². The molecule has 0 radical (unpaired) electrons. The molecule has 1 saturated heterocycles. The summed E-state index contributed by atoms with van der Waals surface area (Å²) in [6, 6.07) is 20.7. The van der Waals surface area contributed by atoms with Gasteiger partial charge < -0.3 is 19.5 Å². The maximum Gasteiger partial charge on any atom is 0.323 e. The molecule has 0 amide bonds. The van der Waals surface area contributed by atoms with E-state index in [1.54, 1.807) is 0 Å². The number of carboxylic acids is 1. The number of rotatable bonds is 10. The van der Waals surface area contributed by atoms with E-state index in [0.29, 0.717) is 26.4 Å². The number of allylic oxidation sites excluding steroid dienone is 1. The number of ether oxygens (including phenoxy) is 2. The second-order valence-corrected chi connectivity index (χ2v) is 12.5. The summed E-state index contributed by atoms with van der Waals surface area (Å²) >= 11 is 0. The summed E-state index contributed by atoms with van der Waals surface area (Å²) in [6.07, 6.45) is 6.89. The number of aromatic nitrogens is 2. The number of anilines is 1. The van der Waals surface area contributed by atoms with Crippen LogP contribution in [-0.2, 0) is 29.7 Å². The van der Waals surface area contributed by atoms with Gasteiger partial charge >= 0.3 is 5.97 Å². The minimum atomic E-state index is -0.846. The number of likely N-dealkylation sites (tertiary alicyclic amines) is 1. The lowest BCUT2D eigenvalue weighted by molar-refractivity contribution is -0.135. The molecule has 242 valence electrons. The minimum absolute atomic E-state index is 0.0839. The van der Waals surface area contributed by atoms with Crippen LogP contribution >= 0.6 is 0 Å². The Kier molecular flexibility index (Phi) is 10.4. The summed E-state index contributed by atoms with van der Waals surface area (Å²) in [5, 5.41) is 17.4. The lowest BCUT2D eigenvalue weighted by Gasteiger charge is -2.30. The molecule has 3 aromatic carbocycles. The van der Waals surface area contributed by atoms with Gasteiger partial charge in [0.1, 0.15) is 12.3 Å². The van der Waals surface area contributed by atoms with Crippen LogP contribution < -0.4 is 9.64 Å². The van der Waals surface area contributed by atoms with Gasteiger partial charge in [0, 0.05) is 48.8 Å². The van der Waals surface area contributed by atoms with Crippen molar-refractivity contribution in [2.24, 2.45) is 7.05 Å². The zero-order valence-corrected chi connectivity index (χ0v) is 27.0. The van der Waals surface area contributed by atoms with Gasteiger partial charge in [-0.25, -0.2) is 0 Å². The van der Waals surface area contributed by atoms with Gasteiger partial charge in [0.15, 0.2) is 0 Å². The van der Waals surface area contributed by atoms with E-state index in [0.717, 1.165) is 101 Å². The smallest absolute Gasteiger partial charge is 0.323 e. The SMILES string of the molecule is C=C(CCCOc1cccc2ccccc12)c1cccc2c1N(CC(=O)O)CCCCOCc1c-2c(CN2CCCCC2)nn1C. The number of hydrogen-bond donors (Lipinski definition) is 1. The fraction of sp³-hybridized carbons (Fsp3) is 0.421. The highest BCUT2D eigenvalue weighted by Gasteiger charge is 2.28. The topological polar surface area (TPSA) is 80.1 Å². The Morgan fingerprint density at radius 3 is 2.61 bits per heavy atom. The van der Waals surface area contributed by atoms with Gasteiger partial charge in [-0.3, -0.25) is 14.4 Å². The van der Waals surface area contributed by atoms with E-state index >= 15 is 0 Å². The van der Waals surface area contributed by atoms with Gasteiger partial charge in [-0.2, -0.15) is 5.10 Å². The number of piperidine rings is 1. The highest BCUT2D eigenvalue weighted by atomic mass is 16.5. The number of aryl methyl sites for hydroxylation is 1. The van der Waals surface area contributed by atoms with Gasteiger partial charge in [-0.05, 0) is 68.6 Å². The van der Waals surface area contributed by atoms with Crippen LogP contribution in [0, 0.1) is 0 Å². The van der Waals surface area contributed by atoms with Crippen LogP contribution in [0.25, 0.3) is 27.5 Å². The minimum Gasteiger partial charge on any atom is -0.493 e. The Labute approximate surface area is 272 Å². The molecule has 0 bridgehead atoms. The molecule has 1 fully saturated rings. The van der Waals surface area contributed by atoms with E-state index < -0.39 is 5.97 Å². The van der Waals surface area contributed by atoms with Crippen molar-refractivity contribution in [3.8, 4) is 16.9 Å². The highest BCUT2D eigenvalue weighted by Crippen LogP contribution is 2.42. The number of nitrogens with zero attached hydrogens (tertiary/aromatic N) is 4. The van der Waals surface area contributed by atoms with Crippen LogP contribution in [0.5, 0.6) is 5.75 Å². The molecule has 8 heteroatoms. The van der Waals surface area contributed by atoms with Crippen molar-refractivity contribution in [3.63, 3.8) is 0 Å². The van der Waals surface area contributed by atoms with E-state index in [2.05, 4.69) is 47.9 Å². The Bertz CT molecular complexity index is 1670. The summed E-state index contributed by atoms with van der Waals surface area (Å²) in [5.74, 6) is 0.0399. The number of aliphatic carboxylic acids is 1. The standard InChI is InChI=1S/C38H46N4O4/c1-28(13-12-24-46-35-19-10-15-29-14-4-5-16-31(29)35)30-17-11-18-32-37-33(25-41-20-6-3-7-21-41)39-40(2)34(37)27-45-23-9-8-22-42(38(30)32)26-36(43)44/h4-5,10-11,14-19H,1,3,6-9,12-13,20-27H2,2H3,(H,43,44). The van der Waals surface area contributed by atoms with Crippen LogP contribution in [0.3, 0.4) is 0 Å². The Morgan fingerprint density at radius 1 is 0.978 bits per heavy atom. The van der Waals surface area contributed by atoms with Crippen molar-refractivity contribution in [1.82, 2.24) is 14.7 Å². The molecule has 6 rings (SSSR count). The third-order valence-corrected chi connectivity index (χ3v) is 9.22. The number of carboxylic acid groups (broad SMARTS) is 1. The van der Waals surface area contributed by atoms with Crippen LogP contribution in [0.4, 0.5) is 5.69 Å². The van der Waals surface area contributed by atoms with Crippen LogP contribution in [0.2, 0.25) is 0 Å². The van der Waals surface area contributed by atoms with E-state index in [-0.39, 0.29) is 6.54 Å². The number of fused-ring (bicyclic) bond motifs is 4. The molecule has 0 atom stereocenters. The zero-order valence-electron chi connectivity index (χ0n) is 27.0. The first-order valence-corrected chi connectivity index (χ1v) is 16.7. The van der Waals surface area contributed by atoms with Gasteiger partial charge in [0.05, 0.1) is 30.3 Å². The van der Waals surface area contributed by atoms with Gasteiger partial charge in [0.25, 0.3) is 0 Å². The quantitative estimate of drug-likeness (QED) is 0.186. The molecular weight excluding hydrogens is 576 g/mol. The number of para-hydroxylation sites is 1.